The lowest BCUT2D eigenvalue weighted by Crippen LogP contribution is -2.43. The Morgan fingerprint density at radius 1 is 0.680 bits per heavy atom. The van der Waals surface area contributed by atoms with Gasteiger partial charge in [0, 0.05) is 34.8 Å². The summed E-state index contributed by atoms with van der Waals surface area (Å²) in [6.45, 7) is 6.41. The molecule has 4 amide bonds. The zero-order valence-corrected chi connectivity index (χ0v) is 29.7. The van der Waals surface area contributed by atoms with Gasteiger partial charge in [-0.3, -0.25) is 0 Å². The number of nitrogens with one attached hydrogen (secondary N) is 4. The van der Waals surface area contributed by atoms with E-state index in [4.69, 9.17) is 14.6 Å². The molecule has 0 fully saturated rings. The summed E-state index contributed by atoms with van der Waals surface area (Å²) >= 11 is 0. The van der Waals surface area contributed by atoms with Crippen LogP contribution in [0.2, 0.25) is 0 Å². The van der Waals surface area contributed by atoms with Crippen LogP contribution < -0.4 is 25.8 Å². The number of carbonyl (C=O) groups excluding carboxylic acids is 2. The maximum absolute atomic E-state index is 12.8. The third-order valence-corrected chi connectivity index (χ3v) is 11.2. The van der Waals surface area contributed by atoms with E-state index in [-0.39, 0.29) is 17.8 Å². The highest BCUT2D eigenvalue weighted by molar-refractivity contribution is 7.90. The number of amides is 4. The van der Waals surface area contributed by atoms with E-state index in [1.165, 1.54) is 40.3 Å². The molecule has 2 heterocycles. The zero-order chi connectivity index (χ0) is 41.9. The molecule has 6 N–H and O–H groups in total. The standard InChI is InChI=1S/C26H28N4O6S2.C10H14N2.4H2/c1-18-3-9-23(10-4-18)37(33,34)28-25(31)27-22-8-7-20-13-15-30(16-14-21(20)17-22)26(32)29-38(35,36)24-11-5-19(2)6-12-24;11-10-2-1-8-3-5-12-6-4-9(8)7-10;;;;/h3-12,17H,13-16H2,1-2H3,(H,29,32)(H2,27,28,31);1-2,7,12H,3-6,11H2;4*1H/i;;3*1+1D;1+1. The van der Waals surface area contributed by atoms with E-state index >= 15 is 0 Å². The van der Waals surface area contributed by atoms with Crippen molar-refractivity contribution >= 4 is 43.5 Å². The lowest BCUT2D eigenvalue weighted by Gasteiger charge is -2.20. The average molecular weight is 734 g/mol. The Labute approximate surface area is 304 Å². The third kappa shape index (κ3) is 9.61. The van der Waals surface area contributed by atoms with Gasteiger partial charge in [-0.25, -0.2) is 35.9 Å². The number of nitrogens with zero attached hydrogens (tertiary/aromatic N) is 1. The number of nitrogen functional groups attached to an aromatic ring is 1. The van der Waals surface area contributed by atoms with E-state index in [0.717, 1.165) is 53.9 Å². The largest absolute Gasteiger partial charge is 0.399 e. The van der Waals surface area contributed by atoms with Crippen molar-refractivity contribution in [1.29, 1.82) is 0 Å². The molecule has 0 spiro atoms. The van der Waals surface area contributed by atoms with E-state index in [9.17, 15) is 26.4 Å². The van der Waals surface area contributed by atoms with Gasteiger partial charge in [-0.15, -0.1) is 0 Å². The minimum atomic E-state index is -4.04. The van der Waals surface area contributed by atoms with Gasteiger partial charge >= 0.3 is 12.1 Å². The van der Waals surface area contributed by atoms with Crippen LogP contribution in [0.25, 0.3) is 0 Å². The van der Waals surface area contributed by atoms with Crippen LogP contribution >= 0.6 is 0 Å². The van der Waals surface area contributed by atoms with Gasteiger partial charge in [-0.2, -0.15) is 0 Å². The number of fused-ring (bicyclic) bond motifs is 2. The molecule has 4 aromatic rings. The minimum Gasteiger partial charge on any atom is -0.399 e. The van der Waals surface area contributed by atoms with Gasteiger partial charge in [-0.05, 0) is 123 Å². The van der Waals surface area contributed by atoms with Gasteiger partial charge in [0.05, 0.1) is 9.79 Å². The van der Waals surface area contributed by atoms with Crippen molar-refractivity contribution in [2.75, 3.05) is 37.2 Å². The molecule has 0 unspecified atom stereocenters. The molecule has 272 valence electrons. The Kier molecular flexibility index (Phi) is 10.2. The smallest absolute Gasteiger partial charge is 0.333 e. The van der Waals surface area contributed by atoms with E-state index in [1.54, 1.807) is 42.5 Å². The molecule has 2 aliphatic rings. The Hall–Kier alpha value is -4.92. The highest BCUT2D eigenvalue weighted by Crippen LogP contribution is 2.22. The van der Waals surface area contributed by atoms with Gasteiger partial charge < -0.3 is 21.3 Å². The summed E-state index contributed by atoms with van der Waals surface area (Å²) in [5.74, 6) is 0. The van der Waals surface area contributed by atoms with Crippen molar-refractivity contribution < 1.29 is 36.8 Å². The van der Waals surface area contributed by atoms with Crippen LogP contribution in [0.5, 0.6) is 0 Å². The average Bonchev–Trinajstić information content (AvgIpc) is 3.56. The first-order valence-corrected chi connectivity index (χ1v) is 19.2. The van der Waals surface area contributed by atoms with Gasteiger partial charge in [0.1, 0.15) is 0 Å². The molecule has 0 aromatic heterocycles. The summed E-state index contributed by atoms with van der Waals surface area (Å²) in [4.78, 5) is 26.6. The second-order valence-electron chi connectivity index (χ2n) is 12.3. The molecule has 4 aromatic carbocycles. The predicted molar refractivity (Wildman–Crippen MR) is 202 cm³/mol. The lowest BCUT2D eigenvalue weighted by molar-refractivity contribution is 0.206. The summed E-state index contributed by atoms with van der Waals surface area (Å²) in [5, 5.41) is 5.91. The number of hydrogen-bond acceptors (Lipinski definition) is 8. The number of carbonyl (C=O) groups is 2. The molecule has 2 aliphatic heterocycles. The molecular formula is C36H50N6O6S2. The Balaban J connectivity index is 0.000000713. The third-order valence-electron chi connectivity index (χ3n) is 8.54. The van der Waals surface area contributed by atoms with Crippen molar-refractivity contribution in [2.45, 2.75) is 49.3 Å². The van der Waals surface area contributed by atoms with E-state index < -0.39 is 32.1 Å². The Morgan fingerprint density at radius 3 is 1.80 bits per heavy atom. The first-order chi connectivity index (χ1) is 26.8. The highest BCUT2D eigenvalue weighted by Gasteiger charge is 2.24. The number of hydrogen-bond donors (Lipinski definition) is 5. The summed E-state index contributed by atoms with van der Waals surface area (Å²) < 4.78 is 84.3. The quantitative estimate of drug-likeness (QED) is 0.173. The molecule has 50 heavy (non-hydrogen) atoms. The number of urea groups is 2. The molecule has 14 heteroatoms. The Morgan fingerprint density at radius 2 is 1.18 bits per heavy atom. The van der Waals surface area contributed by atoms with Crippen LogP contribution in [0, 0.1) is 13.8 Å². The van der Waals surface area contributed by atoms with Crippen molar-refractivity contribution in [3.63, 3.8) is 0 Å². The van der Waals surface area contributed by atoms with Crippen LogP contribution in [0.1, 0.15) is 43.7 Å². The molecule has 6 rings (SSSR count). The predicted octanol–water partition coefficient (Wildman–Crippen LogP) is 5.25. The van der Waals surface area contributed by atoms with E-state index in [1.807, 2.05) is 24.6 Å². The SMILES string of the molecule is Cc1ccc(S(=O)(=O)NC(=O)Nc2ccc3c(c2)CCN(C(=O)NS(=O)(=O)c2ccc(C)cc2)CC3)cc1.Nc1ccc2c(c1)CCNCC2.[2HH].[2H][2H].[2H][2H].[2H][2H]. The summed E-state index contributed by atoms with van der Waals surface area (Å²) in [7, 11) is -8.04. The molecule has 0 saturated carbocycles. The molecule has 0 aliphatic carbocycles. The zero-order valence-electron chi connectivity index (χ0n) is 34.0. The van der Waals surface area contributed by atoms with E-state index in [2.05, 4.69) is 27.5 Å². The van der Waals surface area contributed by atoms with Crippen molar-refractivity contribution in [3.8, 4) is 0 Å². The summed E-state index contributed by atoms with van der Waals surface area (Å²) in [6, 6.07) is 22.1. The van der Waals surface area contributed by atoms with Crippen molar-refractivity contribution in [1.82, 2.24) is 19.7 Å². The van der Waals surface area contributed by atoms with Crippen molar-refractivity contribution in [3.05, 3.63) is 118 Å². The van der Waals surface area contributed by atoms with Crippen molar-refractivity contribution in [2.24, 2.45) is 0 Å². The number of rotatable bonds is 5. The number of nitrogens with two attached hydrogens (primary N) is 1. The van der Waals surface area contributed by atoms with Gasteiger partial charge in [0.2, 0.25) is 0 Å². The summed E-state index contributed by atoms with van der Waals surface area (Å²) in [5.41, 5.74) is 13.5. The topological polar surface area (TPSA) is 180 Å². The maximum Gasteiger partial charge on any atom is 0.333 e. The maximum atomic E-state index is 12.8. The molecule has 0 saturated heterocycles. The summed E-state index contributed by atoms with van der Waals surface area (Å²) in [6.07, 6.45) is 3.16. The monoisotopic (exact) mass is 733 g/mol. The fourth-order valence-electron chi connectivity index (χ4n) is 5.71. The molecule has 0 bridgehead atoms. The highest BCUT2D eigenvalue weighted by atomic mass is 32.2. The number of anilines is 2. The number of aryl methyl sites for hydroxylation is 2. The number of benzene rings is 4. The normalized spacial score (nSPS) is 14.9. The van der Waals surface area contributed by atoms with Gasteiger partial charge in [0.15, 0.2) is 0 Å². The van der Waals surface area contributed by atoms with Gasteiger partial charge in [0.25, 0.3) is 20.0 Å². The minimum absolute atomic E-state index is 0. The van der Waals surface area contributed by atoms with Crippen LogP contribution in [0.15, 0.2) is 94.7 Å². The fraction of sp³-hybridized carbons (Fsp3) is 0.278. The molecule has 0 atom stereocenters. The van der Waals surface area contributed by atoms with Gasteiger partial charge in [-0.1, -0.05) is 47.5 Å². The molecule has 0 radical (unpaired) electrons. The fourth-order valence-corrected chi connectivity index (χ4v) is 7.59. The number of sulfonamides is 2. The van der Waals surface area contributed by atoms with Crippen LogP contribution in [-0.4, -0.2) is 60.0 Å². The first-order valence-electron chi connectivity index (χ1n) is 19.3. The second kappa shape index (κ2) is 15.7. The van der Waals surface area contributed by atoms with E-state index in [0.29, 0.717) is 25.1 Å². The molecular weight excluding hydrogens is 677 g/mol. The van der Waals surface area contributed by atoms with Crippen LogP contribution in [0.4, 0.5) is 21.0 Å². The van der Waals surface area contributed by atoms with Crippen LogP contribution in [0.3, 0.4) is 0 Å². The second-order valence-corrected chi connectivity index (χ2v) is 15.7. The lowest BCUT2D eigenvalue weighted by atomic mass is 10.0. The Bertz CT molecular complexity index is 2100. The van der Waals surface area contributed by atoms with Crippen LogP contribution in [-0.2, 0) is 45.7 Å². The molecule has 12 nitrogen and oxygen atoms in total. The first kappa shape index (κ1) is 32.3.